The number of aromatic nitrogens is 8. The fourth-order valence-electron chi connectivity index (χ4n) is 13.7. The van der Waals surface area contributed by atoms with Crippen molar-refractivity contribution in [2.24, 2.45) is 0 Å². The van der Waals surface area contributed by atoms with Crippen LogP contribution in [0, 0.1) is 6.07 Å². The normalized spacial score (nSPS) is 13.2. The number of pyridine rings is 4. The Morgan fingerprint density at radius 2 is 1.20 bits per heavy atom. The van der Waals surface area contributed by atoms with E-state index in [9.17, 15) is 4.79 Å². The van der Waals surface area contributed by atoms with E-state index in [-0.39, 0.29) is 32.6 Å². The number of nitrogens with one attached hydrogen (secondary N) is 1. The van der Waals surface area contributed by atoms with Crippen molar-refractivity contribution in [2.75, 3.05) is 0 Å². The molecule has 1 radical (unpaired) electrons. The summed E-state index contributed by atoms with van der Waals surface area (Å²) in [5.41, 5.74) is 21.8. The van der Waals surface area contributed by atoms with Crippen LogP contribution in [0.5, 0.6) is 0 Å². The number of ketones is 1. The van der Waals surface area contributed by atoms with Crippen molar-refractivity contribution in [3.8, 4) is 28.3 Å². The Morgan fingerprint density at radius 1 is 0.568 bits per heavy atom. The topological polar surface area (TPSA) is 91.5 Å². The summed E-state index contributed by atoms with van der Waals surface area (Å²) in [5.74, 6) is 3.26. The van der Waals surface area contributed by atoms with E-state index in [2.05, 4.69) is 268 Å². The quantitative estimate of drug-likeness (QED) is 0.0460. The van der Waals surface area contributed by atoms with Gasteiger partial charge in [0.1, 0.15) is 36.4 Å². The number of carbonyl (C=O) groups is 1. The number of imidazole rings is 3. The Hall–Kier alpha value is -11.3. The first-order chi connectivity index (χ1) is 46.4. The van der Waals surface area contributed by atoms with E-state index in [1.165, 1.54) is 136 Å². The summed E-state index contributed by atoms with van der Waals surface area (Å²) in [6, 6.07) is 92.6. The molecule has 9 aromatic carbocycles. The molecule has 16 aromatic rings. The third kappa shape index (κ3) is 11.8. The molecule has 0 unspecified atom stereocenters. The van der Waals surface area contributed by atoms with E-state index in [1.54, 1.807) is 6.20 Å². The average Bonchev–Trinajstić information content (AvgIpc) is 1.56. The summed E-state index contributed by atoms with van der Waals surface area (Å²) < 4.78 is 16.6. The molecule has 0 bridgehead atoms. The van der Waals surface area contributed by atoms with E-state index in [0.29, 0.717) is 0 Å². The molecule has 95 heavy (non-hydrogen) atoms. The van der Waals surface area contributed by atoms with Gasteiger partial charge in [-0.15, -0.1) is 41.9 Å². The molecule has 11 heterocycles. The molecule has 0 saturated carbocycles. The maximum Gasteiger partial charge on any atom is 0.296 e. The van der Waals surface area contributed by atoms with Gasteiger partial charge in [0.25, 0.3) is 24.4 Å². The van der Waals surface area contributed by atoms with E-state index >= 15 is 0 Å². The summed E-state index contributed by atoms with van der Waals surface area (Å²) in [6.45, 7) is 6.57. The van der Waals surface area contributed by atoms with E-state index in [0.717, 1.165) is 37.6 Å². The second-order valence-corrected chi connectivity index (χ2v) is 23.5. The predicted molar refractivity (Wildman–Crippen MR) is 378 cm³/mol. The molecule has 11 nitrogen and oxygen atoms in total. The van der Waals surface area contributed by atoms with Gasteiger partial charge in [-0.25, -0.2) is 13.7 Å². The van der Waals surface area contributed by atoms with Crippen LogP contribution >= 0.6 is 0 Å². The van der Waals surface area contributed by atoms with Crippen LogP contribution in [0.2, 0.25) is 0 Å². The van der Waals surface area contributed by atoms with Crippen molar-refractivity contribution in [3.63, 3.8) is 0 Å². The second-order valence-electron chi connectivity index (χ2n) is 23.5. The summed E-state index contributed by atoms with van der Waals surface area (Å²) >= 11 is 0. The Labute approximate surface area is 565 Å². The first kappa shape index (κ1) is 61.2. The fraction of sp³-hybridized carbons (Fsp3) is 0.0732. The molecular weight excluding hydrogens is 1350 g/mol. The molecule has 0 saturated heterocycles. The molecule has 0 spiro atoms. The Bertz CT molecular complexity index is 5600. The molecule has 7 aromatic heterocycles. The standard InChI is InChI=1S/C20H13N2.C20H15N2.C16H11N2.C11H8N.C10H11BN2.C5H8O2.Pt/c1-2-9-16-14(7-1)15-8-5-6-13-12-21-17-10-3-4-11-18(17)22(16)20(21)19(13)15;1-2-9-16(10-3-1)22-19-13-7-6-12-18(19)21-14-15-8-4-5-11-17(15)20(21)22;1-2-7-14-13(6-1)17-9-8-11-4-3-5-12-10-18(14)16(17)15(11)12;1-2-6-10(7-3-1)11-8-4-5-9-12-11;1-4-8-13-9-12-7-3-2-6-11-10(13)5-1;1-4(6)3-5(2)7;/h1-11H,12H2;1-13H,14H2;1-9H,10H2;1-6,8-9H;1-8,12H,9H2;3,6H,1-2H3;/q3*+1;-1;+1;;/b;;;;6-2-,7-3-;4-3-;. The molecule has 2 N–H and O–H groups in total. The number of hydrogen-bond acceptors (Lipinski definition) is 4. The van der Waals surface area contributed by atoms with Gasteiger partial charge < -0.3 is 15.4 Å². The first-order valence-corrected chi connectivity index (χ1v) is 31.8. The summed E-state index contributed by atoms with van der Waals surface area (Å²) in [6.07, 6.45) is 13.1. The number of fused-ring (bicyclic) bond motifs is 15. The number of carbonyl (C=O) groups excluding carboxylic acids is 1. The number of hydrogen-bond donors (Lipinski definition) is 2. The summed E-state index contributed by atoms with van der Waals surface area (Å²) in [7, 11) is 2.09. The van der Waals surface area contributed by atoms with Crippen LogP contribution in [-0.2, 0) is 52.2 Å². The van der Waals surface area contributed by atoms with Crippen molar-refractivity contribution in [3.05, 3.63) is 332 Å². The van der Waals surface area contributed by atoms with Gasteiger partial charge >= 0.3 is 0 Å². The largest absolute Gasteiger partial charge is 0.512 e. The Morgan fingerprint density at radius 3 is 1.96 bits per heavy atom. The SMILES string of the molecule is CC(=O)/C=C(/C)O.[B]1/C=C\C=C/NC[n+]2ccccc21.[Pt].[c-]1ccccc1-c1ccccn1.c1cc2c3c(c1)c1ccccc1n1c4ccccc4[n+](c31)C2.c1cc2c3c(c1)ccn1c4ccccc4[n+](c31)C2.c1ccc(-n2c3[n+](c4ccccc42)Cc2ccccc2-3)cc1. The predicted octanol–water partition coefficient (Wildman–Crippen LogP) is 14.4. The van der Waals surface area contributed by atoms with E-state index < -0.39 is 0 Å². The number of para-hydroxylation sites is 8. The molecular formula is C82H66BN9O2Pt+3. The van der Waals surface area contributed by atoms with E-state index in [1.807, 2.05) is 78.9 Å². The third-order valence-corrected chi connectivity index (χ3v) is 17.6. The van der Waals surface area contributed by atoms with Crippen LogP contribution in [0.15, 0.2) is 310 Å². The Balaban J connectivity index is 0.000000101. The molecule has 0 aliphatic carbocycles. The number of aliphatic hydroxyl groups is 1. The van der Waals surface area contributed by atoms with Crippen molar-refractivity contribution >= 4 is 95.5 Å². The van der Waals surface area contributed by atoms with Crippen LogP contribution in [0.3, 0.4) is 0 Å². The molecule has 13 heteroatoms. The van der Waals surface area contributed by atoms with Gasteiger partial charge in [0.2, 0.25) is 6.67 Å². The molecule has 0 amide bonds. The number of rotatable bonds is 3. The molecule has 4 aliphatic rings. The fourth-order valence-corrected chi connectivity index (χ4v) is 13.7. The van der Waals surface area contributed by atoms with Crippen LogP contribution < -0.4 is 29.2 Å². The zero-order chi connectivity index (χ0) is 63.5. The Kier molecular flexibility index (Phi) is 17.5. The molecule has 0 fully saturated rings. The summed E-state index contributed by atoms with van der Waals surface area (Å²) in [5, 5.41) is 18.4. The minimum absolute atomic E-state index is 0. The molecule has 4 aliphatic heterocycles. The van der Waals surface area contributed by atoms with Crippen molar-refractivity contribution < 1.29 is 49.2 Å². The minimum atomic E-state index is -0.125. The van der Waals surface area contributed by atoms with Gasteiger partial charge in [-0.2, -0.15) is 17.9 Å². The smallest absolute Gasteiger partial charge is 0.296 e. The van der Waals surface area contributed by atoms with Crippen molar-refractivity contribution in [1.82, 2.24) is 23.7 Å². The molecule has 0 atom stereocenters. The summed E-state index contributed by atoms with van der Waals surface area (Å²) in [4.78, 5) is 14.2. The first-order valence-electron chi connectivity index (χ1n) is 31.8. The third-order valence-electron chi connectivity index (χ3n) is 17.6. The molecule has 461 valence electrons. The average molecular weight is 1420 g/mol. The van der Waals surface area contributed by atoms with Crippen LogP contribution in [0.4, 0.5) is 0 Å². The number of aliphatic hydroxyl groups excluding tert-OH is 1. The zero-order valence-corrected chi connectivity index (χ0v) is 54.8. The monoisotopic (exact) mass is 1410 g/mol. The molecule has 20 rings (SSSR count). The van der Waals surface area contributed by atoms with Crippen molar-refractivity contribution in [1.29, 1.82) is 0 Å². The van der Waals surface area contributed by atoms with Crippen LogP contribution in [0.25, 0.3) is 105 Å². The van der Waals surface area contributed by atoms with Gasteiger partial charge in [-0.3, -0.25) is 4.79 Å². The van der Waals surface area contributed by atoms with Crippen LogP contribution in [-0.4, -0.2) is 36.5 Å². The van der Waals surface area contributed by atoms with Gasteiger partial charge in [-0.05, 0) is 110 Å². The minimum Gasteiger partial charge on any atom is -0.512 e. The van der Waals surface area contributed by atoms with Gasteiger partial charge in [-0.1, -0.05) is 152 Å². The number of nitrogens with zero attached hydrogens (tertiary/aromatic N) is 8. The van der Waals surface area contributed by atoms with Gasteiger partial charge in [0.05, 0.1) is 28.3 Å². The van der Waals surface area contributed by atoms with Gasteiger partial charge in [0, 0.05) is 73.1 Å². The second kappa shape index (κ2) is 27.1. The van der Waals surface area contributed by atoms with Gasteiger partial charge in [0.15, 0.2) is 45.1 Å². The van der Waals surface area contributed by atoms with Crippen molar-refractivity contribution in [2.45, 2.75) is 40.2 Å². The van der Waals surface area contributed by atoms with E-state index in [4.69, 9.17) is 5.11 Å². The maximum atomic E-state index is 10.0. The number of allylic oxidation sites excluding steroid dienone is 4. The zero-order valence-electron chi connectivity index (χ0n) is 52.5. The van der Waals surface area contributed by atoms with Crippen LogP contribution in [0.1, 0.15) is 30.5 Å². The number of benzene rings is 9. The maximum absolute atomic E-state index is 10.0.